The van der Waals surface area contributed by atoms with Gasteiger partial charge in [0.25, 0.3) is 5.91 Å². The highest BCUT2D eigenvalue weighted by molar-refractivity contribution is 6.36. The molecule has 1 saturated heterocycles. The topological polar surface area (TPSA) is 107 Å². The minimum Gasteiger partial charge on any atom is -0.507 e. The van der Waals surface area contributed by atoms with Gasteiger partial charge in [-0.3, -0.25) is 9.59 Å². The van der Waals surface area contributed by atoms with Crippen LogP contribution in [0.4, 0.5) is 11.4 Å². The molecule has 1 unspecified atom stereocenters. The molecule has 9 heteroatoms. The van der Waals surface area contributed by atoms with Gasteiger partial charge >= 0.3 is 5.97 Å². The van der Waals surface area contributed by atoms with Gasteiger partial charge in [-0.05, 0) is 30.3 Å². The van der Waals surface area contributed by atoms with Gasteiger partial charge in [-0.15, -0.1) is 0 Å². The summed E-state index contributed by atoms with van der Waals surface area (Å²) in [4.78, 5) is 36.7. The quantitative estimate of drug-likeness (QED) is 0.687. The summed E-state index contributed by atoms with van der Waals surface area (Å²) in [5.74, 6) is -2.87. The minimum atomic E-state index is -1.31. The number of anilines is 2. The van der Waals surface area contributed by atoms with Gasteiger partial charge in [-0.25, -0.2) is 9.69 Å². The lowest BCUT2D eigenvalue weighted by atomic mass is 10.1. The van der Waals surface area contributed by atoms with Crippen LogP contribution in [0.2, 0.25) is 10.0 Å². The van der Waals surface area contributed by atoms with E-state index in [-0.39, 0.29) is 17.7 Å². The Labute approximate surface area is 157 Å². The third-order valence-corrected chi connectivity index (χ3v) is 4.43. The number of aromatic carboxylic acids is 1. The number of carboxylic acids is 1. The first-order valence-corrected chi connectivity index (χ1v) is 8.18. The van der Waals surface area contributed by atoms with Crippen LogP contribution in [0.3, 0.4) is 0 Å². The van der Waals surface area contributed by atoms with Crippen LogP contribution < -0.4 is 10.2 Å². The summed E-state index contributed by atoms with van der Waals surface area (Å²) in [5.41, 5.74) is 0.220. The second-order valence-electron chi connectivity index (χ2n) is 5.60. The number of nitrogens with one attached hydrogen (secondary N) is 1. The average molecular weight is 395 g/mol. The Morgan fingerprint density at radius 2 is 1.88 bits per heavy atom. The molecule has 0 aromatic heterocycles. The molecule has 2 aromatic rings. The Bertz CT molecular complexity index is 931. The molecule has 1 heterocycles. The molecular weight excluding hydrogens is 383 g/mol. The number of hydrogen-bond acceptors (Lipinski definition) is 5. The molecule has 0 spiro atoms. The van der Waals surface area contributed by atoms with E-state index in [2.05, 4.69) is 5.32 Å². The van der Waals surface area contributed by atoms with Crippen molar-refractivity contribution >= 4 is 52.4 Å². The second kappa shape index (κ2) is 6.86. The summed E-state index contributed by atoms with van der Waals surface area (Å²) < 4.78 is 0. The van der Waals surface area contributed by atoms with Gasteiger partial charge in [0.05, 0.1) is 22.8 Å². The van der Waals surface area contributed by atoms with Crippen LogP contribution in [-0.4, -0.2) is 34.0 Å². The molecular formula is C17H12Cl2N2O5. The average Bonchev–Trinajstić information content (AvgIpc) is 2.83. The van der Waals surface area contributed by atoms with Crippen LogP contribution in [0.15, 0.2) is 36.4 Å². The highest BCUT2D eigenvalue weighted by Crippen LogP contribution is 2.31. The van der Waals surface area contributed by atoms with E-state index in [0.717, 1.165) is 17.0 Å². The van der Waals surface area contributed by atoms with Crippen molar-refractivity contribution < 1.29 is 24.6 Å². The number of carboxylic acid groups (broad SMARTS) is 1. The van der Waals surface area contributed by atoms with Crippen LogP contribution in [-0.2, 0) is 9.59 Å². The largest absolute Gasteiger partial charge is 0.507 e. The summed E-state index contributed by atoms with van der Waals surface area (Å²) >= 11 is 11.9. The number of halogens is 2. The maximum Gasteiger partial charge on any atom is 0.339 e. The van der Waals surface area contributed by atoms with E-state index in [1.54, 1.807) is 12.1 Å². The SMILES string of the molecule is O=C(O)c1ccc(N2C(=O)CC(Nc3ccc(Cl)cc3Cl)C2=O)cc1O. The van der Waals surface area contributed by atoms with E-state index in [1.165, 1.54) is 12.1 Å². The molecule has 1 aliphatic heterocycles. The van der Waals surface area contributed by atoms with E-state index in [1.807, 2.05) is 0 Å². The molecule has 1 aliphatic rings. The summed E-state index contributed by atoms with van der Waals surface area (Å²) in [5, 5.41) is 22.4. The van der Waals surface area contributed by atoms with Crippen molar-refractivity contribution in [3.63, 3.8) is 0 Å². The monoisotopic (exact) mass is 394 g/mol. The number of rotatable bonds is 4. The highest BCUT2D eigenvalue weighted by atomic mass is 35.5. The number of carbonyl (C=O) groups excluding carboxylic acids is 2. The second-order valence-corrected chi connectivity index (χ2v) is 6.44. The molecule has 2 amide bonds. The Hall–Kier alpha value is -2.77. The van der Waals surface area contributed by atoms with Crippen LogP contribution in [0.25, 0.3) is 0 Å². The maximum atomic E-state index is 12.6. The lowest BCUT2D eigenvalue weighted by molar-refractivity contribution is -0.121. The normalized spacial score (nSPS) is 16.8. The van der Waals surface area contributed by atoms with Crippen molar-refractivity contribution in [1.29, 1.82) is 0 Å². The van der Waals surface area contributed by atoms with Crippen molar-refractivity contribution in [2.75, 3.05) is 10.2 Å². The number of aromatic hydroxyl groups is 1. The number of benzene rings is 2. The van der Waals surface area contributed by atoms with Crippen molar-refractivity contribution in [2.24, 2.45) is 0 Å². The fourth-order valence-corrected chi connectivity index (χ4v) is 3.11. The molecule has 3 rings (SSSR count). The number of nitrogens with zero attached hydrogens (tertiary/aromatic N) is 1. The van der Waals surface area contributed by atoms with E-state index in [9.17, 15) is 19.5 Å². The van der Waals surface area contributed by atoms with Gasteiger partial charge in [-0.1, -0.05) is 23.2 Å². The van der Waals surface area contributed by atoms with Crippen LogP contribution in [0.5, 0.6) is 5.75 Å². The summed E-state index contributed by atoms with van der Waals surface area (Å²) in [6.45, 7) is 0. The van der Waals surface area contributed by atoms with Gasteiger partial charge < -0.3 is 15.5 Å². The molecule has 0 aliphatic carbocycles. The number of hydrogen-bond donors (Lipinski definition) is 3. The van der Waals surface area contributed by atoms with Gasteiger partial charge in [0.15, 0.2) is 0 Å². The van der Waals surface area contributed by atoms with Gasteiger partial charge in [0, 0.05) is 11.1 Å². The van der Waals surface area contributed by atoms with E-state index < -0.39 is 29.6 Å². The zero-order chi connectivity index (χ0) is 19.0. The molecule has 1 atom stereocenters. The highest BCUT2D eigenvalue weighted by Gasteiger charge is 2.40. The molecule has 0 bridgehead atoms. The molecule has 2 aromatic carbocycles. The fraction of sp³-hybridized carbons (Fsp3) is 0.118. The van der Waals surface area contributed by atoms with Crippen molar-refractivity contribution in [1.82, 2.24) is 0 Å². The predicted molar refractivity (Wildman–Crippen MR) is 96.0 cm³/mol. The lowest BCUT2D eigenvalue weighted by Crippen LogP contribution is -2.34. The molecule has 1 fully saturated rings. The van der Waals surface area contributed by atoms with E-state index in [0.29, 0.717) is 15.7 Å². The standard InChI is InChI=1S/C17H12Cl2N2O5/c18-8-1-4-12(11(19)5-8)20-13-7-15(23)21(16(13)24)9-2-3-10(17(25)26)14(22)6-9/h1-6,13,20,22H,7H2,(H,25,26). The summed E-state index contributed by atoms with van der Waals surface area (Å²) in [6.07, 6.45) is -0.112. The minimum absolute atomic E-state index is 0.0917. The third-order valence-electron chi connectivity index (χ3n) is 3.88. The number of phenols is 1. The van der Waals surface area contributed by atoms with Crippen LogP contribution >= 0.6 is 23.2 Å². The van der Waals surface area contributed by atoms with Gasteiger partial charge in [-0.2, -0.15) is 0 Å². The molecule has 0 saturated carbocycles. The Morgan fingerprint density at radius 1 is 1.15 bits per heavy atom. The van der Waals surface area contributed by atoms with Gasteiger partial charge in [0.1, 0.15) is 17.4 Å². The Balaban J connectivity index is 1.85. The Kier molecular flexibility index (Phi) is 4.76. The molecule has 7 nitrogen and oxygen atoms in total. The summed E-state index contributed by atoms with van der Waals surface area (Å²) in [6, 6.07) is 7.34. The zero-order valence-corrected chi connectivity index (χ0v) is 14.6. The molecule has 3 N–H and O–H groups in total. The van der Waals surface area contributed by atoms with Crippen LogP contribution in [0, 0.1) is 0 Å². The fourth-order valence-electron chi connectivity index (χ4n) is 2.65. The predicted octanol–water partition coefficient (Wildman–Crippen LogP) is 3.14. The number of carbonyl (C=O) groups is 3. The molecule has 26 heavy (non-hydrogen) atoms. The molecule has 0 radical (unpaired) electrons. The first-order valence-electron chi connectivity index (χ1n) is 7.42. The van der Waals surface area contributed by atoms with Crippen LogP contribution in [0.1, 0.15) is 16.8 Å². The van der Waals surface area contributed by atoms with E-state index in [4.69, 9.17) is 28.3 Å². The maximum absolute atomic E-state index is 12.6. The molecule has 134 valence electrons. The van der Waals surface area contributed by atoms with Crippen molar-refractivity contribution in [2.45, 2.75) is 12.5 Å². The summed E-state index contributed by atoms with van der Waals surface area (Å²) in [7, 11) is 0. The zero-order valence-electron chi connectivity index (χ0n) is 13.1. The number of amides is 2. The Morgan fingerprint density at radius 3 is 2.50 bits per heavy atom. The first kappa shape index (κ1) is 18.0. The lowest BCUT2D eigenvalue weighted by Gasteiger charge is -2.17. The van der Waals surface area contributed by atoms with Crippen molar-refractivity contribution in [3.05, 3.63) is 52.0 Å². The first-order chi connectivity index (χ1) is 12.3. The number of imide groups is 1. The van der Waals surface area contributed by atoms with Gasteiger partial charge in [0.2, 0.25) is 5.91 Å². The van der Waals surface area contributed by atoms with Crippen molar-refractivity contribution in [3.8, 4) is 5.75 Å². The third kappa shape index (κ3) is 3.31. The van der Waals surface area contributed by atoms with E-state index >= 15 is 0 Å². The smallest absolute Gasteiger partial charge is 0.339 e.